The average molecular weight is 264 g/mol. The van der Waals surface area contributed by atoms with Crippen LogP contribution in [0.15, 0.2) is 66.9 Å². The summed E-state index contributed by atoms with van der Waals surface area (Å²) in [5.41, 5.74) is 0.788. The van der Waals surface area contributed by atoms with Crippen LogP contribution in [0.3, 0.4) is 0 Å². The zero-order valence-electron chi connectivity index (χ0n) is 10.8. The summed E-state index contributed by atoms with van der Waals surface area (Å²) in [4.78, 5) is 14.9. The first kappa shape index (κ1) is 12.2. The standard InChI is InChI=1S/C16H13N3O/c20-16(19-15-10-3-4-11-17-15)18-14-9-5-7-12-6-1-2-8-13(12)14/h1-11H,(H2,17,18,19,20)/p+1. The minimum atomic E-state index is -0.274. The van der Waals surface area contributed by atoms with Gasteiger partial charge >= 0.3 is 6.03 Å². The highest BCUT2D eigenvalue weighted by molar-refractivity contribution is 6.05. The quantitative estimate of drug-likeness (QED) is 0.733. The first-order valence-corrected chi connectivity index (χ1v) is 6.35. The van der Waals surface area contributed by atoms with Crippen LogP contribution < -0.4 is 15.6 Å². The number of carbonyl (C=O) groups excluding carboxylic acids is 1. The number of hydrogen-bond acceptors (Lipinski definition) is 1. The molecule has 2 aromatic carbocycles. The Morgan fingerprint density at radius 2 is 1.65 bits per heavy atom. The van der Waals surface area contributed by atoms with Crippen molar-refractivity contribution in [1.82, 2.24) is 0 Å². The number of benzene rings is 2. The van der Waals surface area contributed by atoms with Crippen molar-refractivity contribution in [2.75, 3.05) is 10.6 Å². The Hall–Kier alpha value is -2.88. The minimum Gasteiger partial charge on any atom is -0.287 e. The second-order valence-corrected chi connectivity index (χ2v) is 4.38. The number of aromatic nitrogens is 1. The van der Waals surface area contributed by atoms with Crippen molar-refractivity contribution < 1.29 is 9.78 Å². The fourth-order valence-electron chi connectivity index (χ4n) is 2.08. The summed E-state index contributed by atoms with van der Waals surface area (Å²) in [7, 11) is 0. The van der Waals surface area contributed by atoms with Crippen LogP contribution in [-0.4, -0.2) is 6.03 Å². The van der Waals surface area contributed by atoms with Crippen molar-refractivity contribution in [2.45, 2.75) is 0 Å². The van der Waals surface area contributed by atoms with Gasteiger partial charge in [-0.25, -0.2) is 9.78 Å². The van der Waals surface area contributed by atoms with Gasteiger partial charge in [0.1, 0.15) is 0 Å². The van der Waals surface area contributed by atoms with Crippen molar-refractivity contribution in [3.05, 3.63) is 66.9 Å². The van der Waals surface area contributed by atoms with Crippen molar-refractivity contribution in [1.29, 1.82) is 0 Å². The number of nitrogens with one attached hydrogen (secondary N) is 3. The van der Waals surface area contributed by atoms with Gasteiger partial charge in [0.2, 0.25) is 0 Å². The normalized spacial score (nSPS) is 10.2. The number of pyridine rings is 1. The number of anilines is 2. The number of H-pyrrole nitrogens is 1. The number of urea groups is 1. The molecular formula is C16H14N3O+. The molecule has 4 heteroatoms. The molecule has 0 saturated carbocycles. The Morgan fingerprint density at radius 3 is 2.50 bits per heavy atom. The zero-order valence-corrected chi connectivity index (χ0v) is 10.8. The molecule has 0 radical (unpaired) electrons. The van der Waals surface area contributed by atoms with Gasteiger partial charge in [0.05, 0.1) is 11.9 Å². The first-order chi connectivity index (χ1) is 9.83. The predicted octanol–water partition coefficient (Wildman–Crippen LogP) is 3.30. The molecule has 3 N–H and O–H groups in total. The topological polar surface area (TPSA) is 55.3 Å². The van der Waals surface area contributed by atoms with Crippen LogP contribution in [0.25, 0.3) is 10.8 Å². The maximum absolute atomic E-state index is 12.0. The van der Waals surface area contributed by atoms with Gasteiger partial charge in [-0.05, 0) is 17.5 Å². The molecule has 0 fully saturated rings. The predicted molar refractivity (Wildman–Crippen MR) is 79.6 cm³/mol. The molecule has 20 heavy (non-hydrogen) atoms. The van der Waals surface area contributed by atoms with Gasteiger partial charge in [-0.3, -0.25) is 5.32 Å². The van der Waals surface area contributed by atoms with Crippen LogP contribution >= 0.6 is 0 Å². The molecule has 0 unspecified atom stereocenters. The fourth-order valence-corrected chi connectivity index (χ4v) is 2.08. The molecule has 0 bridgehead atoms. The maximum atomic E-state index is 12.0. The van der Waals surface area contributed by atoms with Crippen LogP contribution in [0, 0.1) is 0 Å². The van der Waals surface area contributed by atoms with E-state index in [0.29, 0.717) is 5.82 Å². The summed E-state index contributed by atoms with van der Waals surface area (Å²) < 4.78 is 0. The third-order valence-electron chi connectivity index (χ3n) is 3.00. The largest absolute Gasteiger partial charge is 0.411 e. The van der Waals surface area contributed by atoms with Gasteiger partial charge < -0.3 is 0 Å². The van der Waals surface area contributed by atoms with Crippen molar-refractivity contribution in [3.8, 4) is 0 Å². The second-order valence-electron chi connectivity index (χ2n) is 4.38. The Balaban J connectivity index is 1.81. The summed E-state index contributed by atoms with van der Waals surface area (Å²) in [6.07, 6.45) is 1.76. The van der Waals surface area contributed by atoms with Crippen LogP contribution in [0.2, 0.25) is 0 Å². The molecule has 4 nitrogen and oxygen atoms in total. The number of aromatic amines is 1. The third kappa shape index (κ3) is 2.59. The van der Waals surface area contributed by atoms with E-state index in [2.05, 4.69) is 15.6 Å². The van der Waals surface area contributed by atoms with Crippen LogP contribution in [0.5, 0.6) is 0 Å². The minimum absolute atomic E-state index is 0.274. The lowest BCUT2D eigenvalue weighted by Gasteiger charge is -2.06. The number of amides is 2. The molecule has 0 atom stereocenters. The van der Waals surface area contributed by atoms with Crippen LogP contribution in [-0.2, 0) is 0 Å². The molecular weight excluding hydrogens is 250 g/mol. The highest BCUT2D eigenvalue weighted by atomic mass is 16.2. The maximum Gasteiger partial charge on any atom is 0.411 e. The SMILES string of the molecule is O=C(Nc1cccc[nH+]1)Nc1cccc2ccccc12. The molecule has 1 aromatic heterocycles. The fraction of sp³-hybridized carbons (Fsp3) is 0. The van der Waals surface area contributed by atoms with Crippen molar-refractivity contribution in [3.63, 3.8) is 0 Å². The van der Waals surface area contributed by atoms with E-state index < -0.39 is 0 Å². The summed E-state index contributed by atoms with van der Waals surface area (Å²) in [6.45, 7) is 0. The Kier molecular flexibility index (Phi) is 3.29. The second kappa shape index (κ2) is 5.40. The highest BCUT2D eigenvalue weighted by Gasteiger charge is 2.10. The molecule has 2 amide bonds. The van der Waals surface area contributed by atoms with Crippen LogP contribution in [0.1, 0.15) is 0 Å². The first-order valence-electron chi connectivity index (χ1n) is 6.35. The Labute approximate surface area is 116 Å². The van der Waals surface area contributed by atoms with Gasteiger partial charge in [0.15, 0.2) is 0 Å². The van der Waals surface area contributed by atoms with E-state index in [1.807, 2.05) is 54.6 Å². The summed E-state index contributed by atoms with van der Waals surface area (Å²) in [5, 5.41) is 7.72. The Bertz CT molecular complexity index is 736. The van der Waals surface area contributed by atoms with Gasteiger partial charge in [-0.2, -0.15) is 5.32 Å². The van der Waals surface area contributed by atoms with Gasteiger partial charge in [0.25, 0.3) is 5.82 Å². The number of rotatable bonds is 2. The van der Waals surface area contributed by atoms with E-state index in [-0.39, 0.29) is 6.03 Å². The summed E-state index contributed by atoms with van der Waals surface area (Å²) >= 11 is 0. The van der Waals surface area contributed by atoms with Gasteiger partial charge in [0, 0.05) is 11.5 Å². The molecule has 0 saturated heterocycles. The monoisotopic (exact) mass is 264 g/mol. The highest BCUT2D eigenvalue weighted by Crippen LogP contribution is 2.22. The molecule has 3 aromatic rings. The van der Waals surface area contributed by atoms with E-state index in [9.17, 15) is 4.79 Å². The average Bonchev–Trinajstić information content (AvgIpc) is 2.48. The molecule has 3 rings (SSSR count). The lowest BCUT2D eigenvalue weighted by molar-refractivity contribution is -0.360. The van der Waals surface area contributed by atoms with Gasteiger partial charge in [-0.1, -0.05) is 42.5 Å². The molecule has 0 aliphatic rings. The zero-order chi connectivity index (χ0) is 13.8. The summed E-state index contributed by atoms with van der Waals surface area (Å²) in [6, 6.07) is 19.0. The van der Waals surface area contributed by atoms with E-state index in [4.69, 9.17) is 0 Å². The van der Waals surface area contributed by atoms with Gasteiger partial charge in [-0.15, -0.1) is 0 Å². The summed E-state index contributed by atoms with van der Waals surface area (Å²) in [5.74, 6) is 0.644. The van der Waals surface area contributed by atoms with Crippen molar-refractivity contribution in [2.24, 2.45) is 0 Å². The van der Waals surface area contributed by atoms with E-state index in [1.165, 1.54) is 0 Å². The Morgan fingerprint density at radius 1 is 0.850 bits per heavy atom. The molecule has 0 spiro atoms. The van der Waals surface area contributed by atoms with E-state index in [1.54, 1.807) is 12.3 Å². The smallest absolute Gasteiger partial charge is 0.287 e. The third-order valence-corrected chi connectivity index (χ3v) is 3.00. The van der Waals surface area contributed by atoms with E-state index >= 15 is 0 Å². The molecule has 0 aliphatic carbocycles. The van der Waals surface area contributed by atoms with Crippen molar-refractivity contribution >= 4 is 28.3 Å². The molecule has 0 aliphatic heterocycles. The molecule has 1 heterocycles. The number of hydrogen-bond donors (Lipinski definition) is 2. The molecule has 98 valence electrons. The lowest BCUT2D eigenvalue weighted by Crippen LogP contribution is -2.23. The van der Waals surface area contributed by atoms with Crippen LogP contribution in [0.4, 0.5) is 16.3 Å². The lowest BCUT2D eigenvalue weighted by atomic mass is 10.1. The van der Waals surface area contributed by atoms with E-state index in [0.717, 1.165) is 16.5 Å². The number of carbonyl (C=O) groups is 1. The number of fused-ring (bicyclic) bond motifs is 1.